The number of ether oxygens (including phenoxy) is 4. The fourth-order valence-electron chi connectivity index (χ4n) is 5.36. The maximum absolute atomic E-state index is 13.1. The van der Waals surface area contributed by atoms with E-state index in [2.05, 4.69) is 0 Å². The number of aliphatic hydroxyl groups is 2. The second-order valence-corrected chi connectivity index (χ2v) is 8.00. The fraction of sp³-hybridized carbons (Fsp3) is 0.478. The van der Waals surface area contributed by atoms with Crippen molar-refractivity contribution in [2.24, 2.45) is 23.7 Å². The van der Waals surface area contributed by atoms with E-state index in [1.165, 1.54) is 0 Å². The Morgan fingerprint density at radius 3 is 1.82 bits per heavy atom. The molecule has 10 heteroatoms. The second-order valence-electron chi connectivity index (χ2n) is 8.00. The molecule has 3 rings (SSSR count). The van der Waals surface area contributed by atoms with Gasteiger partial charge in [-0.3, -0.25) is 14.4 Å². The van der Waals surface area contributed by atoms with Gasteiger partial charge >= 0.3 is 23.9 Å². The van der Waals surface area contributed by atoms with Crippen molar-refractivity contribution >= 4 is 23.9 Å². The molecule has 1 unspecified atom stereocenters. The van der Waals surface area contributed by atoms with Gasteiger partial charge in [0.05, 0.1) is 45.8 Å². The summed E-state index contributed by atoms with van der Waals surface area (Å²) >= 11 is 0. The van der Waals surface area contributed by atoms with Crippen molar-refractivity contribution in [3.8, 4) is 0 Å². The van der Waals surface area contributed by atoms with Crippen molar-refractivity contribution < 1.29 is 48.3 Å². The molecule has 2 aliphatic rings. The largest absolute Gasteiger partial charge is 0.511 e. The maximum atomic E-state index is 13.1. The third kappa shape index (κ3) is 3.64. The molecule has 178 valence electrons. The third-order valence-electron chi connectivity index (χ3n) is 6.67. The molecular formula is C23H26O10. The monoisotopic (exact) mass is 462 g/mol. The lowest BCUT2D eigenvalue weighted by molar-refractivity contribution is -0.208. The molecule has 2 aliphatic carbocycles. The van der Waals surface area contributed by atoms with Crippen molar-refractivity contribution in [2.45, 2.75) is 17.9 Å². The van der Waals surface area contributed by atoms with E-state index in [4.69, 9.17) is 18.9 Å². The average molecular weight is 462 g/mol. The minimum atomic E-state index is -2.53. The standard InChI is InChI=1S/C23H26O10/c1-30-19(25)14-13-10-12(11-8-6-5-7-9-11)15(20(26)31-2)23(29,16(13)21(27)32-3)17(18(14)24)22(28)33-4/h5-9,12-13,15-17,24,29H,10H2,1-4H3/t12-,13-,15+,16+,17?,23+/m0/s1. The van der Waals surface area contributed by atoms with Gasteiger partial charge in [0.25, 0.3) is 0 Å². The number of rotatable bonds is 5. The molecule has 0 spiro atoms. The molecule has 2 N–H and O–H groups in total. The molecule has 6 atom stereocenters. The van der Waals surface area contributed by atoms with Gasteiger partial charge in [0.2, 0.25) is 0 Å². The number of carbonyl (C=O) groups excluding carboxylic acids is 4. The van der Waals surface area contributed by atoms with Crippen molar-refractivity contribution in [2.75, 3.05) is 28.4 Å². The molecular weight excluding hydrogens is 436 g/mol. The molecule has 0 aliphatic heterocycles. The van der Waals surface area contributed by atoms with Gasteiger partial charge in [0.15, 0.2) is 0 Å². The number of methoxy groups -OCH3 is 4. The smallest absolute Gasteiger partial charge is 0.337 e. The molecule has 1 fully saturated rings. The van der Waals surface area contributed by atoms with Crippen molar-refractivity contribution in [3.05, 3.63) is 47.2 Å². The zero-order valence-electron chi connectivity index (χ0n) is 18.6. The Hall–Kier alpha value is -3.40. The number of benzene rings is 1. The van der Waals surface area contributed by atoms with Crippen LogP contribution in [-0.4, -0.2) is 68.1 Å². The maximum Gasteiger partial charge on any atom is 0.337 e. The summed E-state index contributed by atoms with van der Waals surface area (Å²) in [5.41, 5.74) is -2.27. The highest BCUT2D eigenvalue weighted by Gasteiger charge is 2.71. The number of hydrogen-bond donors (Lipinski definition) is 2. The van der Waals surface area contributed by atoms with Crippen LogP contribution in [0.25, 0.3) is 0 Å². The normalized spacial score (nSPS) is 30.8. The summed E-state index contributed by atoms with van der Waals surface area (Å²) in [6.07, 6.45) is -0.0196. The van der Waals surface area contributed by atoms with Crippen molar-refractivity contribution in [1.29, 1.82) is 0 Å². The Morgan fingerprint density at radius 1 is 0.818 bits per heavy atom. The molecule has 0 radical (unpaired) electrons. The lowest BCUT2D eigenvalue weighted by Crippen LogP contribution is -2.68. The Balaban J connectivity index is 2.41. The van der Waals surface area contributed by atoms with Gasteiger partial charge in [-0.1, -0.05) is 30.3 Å². The first-order valence-corrected chi connectivity index (χ1v) is 10.2. The molecule has 0 saturated heterocycles. The summed E-state index contributed by atoms with van der Waals surface area (Å²) in [7, 11) is 4.28. The van der Waals surface area contributed by atoms with Gasteiger partial charge in [-0.15, -0.1) is 0 Å². The van der Waals surface area contributed by atoms with Crippen LogP contribution in [0.2, 0.25) is 0 Å². The highest BCUT2D eigenvalue weighted by molar-refractivity contribution is 5.96. The summed E-state index contributed by atoms with van der Waals surface area (Å²) in [6.45, 7) is 0. The van der Waals surface area contributed by atoms with Crippen LogP contribution >= 0.6 is 0 Å². The fourth-order valence-corrected chi connectivity index (χ4v) is 5.36. The highest BCUT2D eigenvalue weighted by Crippen LogP contribution is 2.59. The van der Waals surface area contributed by atoms with Gasteiger partial charge in [-0.25, -0.2) is 4.79 Å². The van der Waals surface area contributed by atoms with Crippen LogP contribution in [0, 0.1) is 23.7 Å². The summed E-state index contributed by atoms with van der Waals surface area (Å²) in [5, 5.41) is 23.1. The average Bonchev–Trinajstić information content (AvgIpc) is 2.82. The van der Waals surface area contributed by atoms with E-state index in [1.54, 1.807) is 30.3 Å². The number of hydrogen-bond acceptors (Lipinski definition) is 10. The molecule has 0 amide bonds. The van der Waals surface area contributed by atoms with E-state index in [-0.39, 0.29) is 12.0 Å². The zero-order valence-corrected chi connectivity index (χ0v) is 18.6. The Bertz CT molecular complexity index is 984. The molecule has 0 heterocycles. The van der Waals surface area contributed by atoms with Crippen LogP contribution in [0.3, 0.4) is 0 Å². The predicted molar refractivity (Wildman–Crippen MR) is 110 cm³/mol. The van der Waals surface area contributed by atoms with Crippen LogP contribution in [0.4, 0.5) is 0 Å². The van der Waals surface area contributed by atoms with E-state index in [9.17, 15) is 29.4 Å². The molecule has 1 aromatic rings. The molecule has 2 bridgehead atoms. The van der Waals surface area contributed by atoms with Crippen LogP contribution in [0.15, 0.2) is 41.7 Å². The first kappa shape index (κ1) is 24.2. The van der Waals surface area contributed by atoms with Crippen LogP contribution in [0.5, 0.6) is 0 Å². The van der Waals surface area contributed by atoms with Gasteiger partial charge in [0.1, 0.15) is 17.3 Å². The molecule has 33 heavy (non-hydrogen) atoms. The highest BCUT2D eigenvalue weighted by atomic mass is 16.5. The van der Waals surface area contributed by atoms with Crippen molar-refractivity contribution in [3.63, 3.8) is 0 Å². The third-order valence-corrected chi connectivity index (χ3v) is 6.67. The minimum Gasteiger partial charge on any atom is -0.511 e. The zero-order chi connectivity index (χ0) is 24.5. The molecule has 0 aromatic heterocycles. The van der Waals surface area contributed by atoms with E-state index < -0.39 is 64.8 Å². The van der Waals surface area contributed by atoms with Gasteiger partial charge in [0, 0.05) is 11.8 Å². The van der Waals surface area contributed by atoms with E-state index >= 15 is 0 Å². The first-order valence-electron chi connectivity index (χ1n) is 10.2. The summed E-state index contributed by atoms with van der Waals surface area (Å²) in [6, 6.07) is 8.64. The quantitative estimate of drug-likeness (QED) is 0.478. The summed E-state index contributed by atoms with van der Waals surface area (Å²) in [5.74, 6) is -11.7. The van der Waals surface area contributed by atoms with Gasteiger partial charge in [-0.05, 0) is 12.0 Å². The summed E-state index contributed by atoms with van der Waals surface area (Å²) < 4.78 is 19.5. The van der Waals surface area contributed by atoms with Crippen LogP contribution < -0.4 is 0 Å². The Kier molecular flexibility index (Phi) is 6.78. The SMILES string of the molecule is COC(=O)C1=C(O)C(C(=O)OC)[C@]2(O)[C@@H](C(=O)OC)[C@H]1C[C@@H](c1ccccc1)[C@@H]2C(=O)OC. The lowest BCUT2D eigenvalue weighted by Gasteiger charge is -2.55. The number of aliphatic hydroxyl groups excluding tert-OH is 1. The molecule has 10 nitrogen and oxygen atoms in total. The second kappa shape index (κ2) is 9.22. The predicted octanol–water partition coefficient (Wildman–Crippen LogP) is 0.887. The van der Waals surface area contributed by atoms with Crippen LogP contribution in [0.1, 0.15) is 17.9 Å². The lowest BCUT2D eigenvalue weighted by atomic mass is 9.49. The number of esters is 4. The van der Waals surface area contributed by atoms with Crippen LogP contribution in [-0.2, 0) is 38.1 Å². The minimum absolute atomic E-state index is 0.0196. The Morgan fingerprint density at radius 2 is 1.33 bits per heavy atom. The van der Waals surface area contributed by atoms with E-state index in [1.807, 2.05) is 0 Å². The van der Waals surface area contributed by atoms with E-state index in [0.717, 1.165) is 28.4 Å². The number of carbonyl (C=O) groups is 4. The summed E-state index contributed by atoms with van der Waals surface area (Å²) in [4.78, 5) is 51.6. The van der Waals surface area contributed by atoms with Crippen molar-refractivity contribution in [1.82, 2.24) is 0 Å². The van der Waals surface area contributed by atoms with Gasteiger partial charge < -0.3 is 29.2 Å². The number of fused-ring (bicyclic) bond motifs is 2. The molecule has 1 saturated carbocycles. The van der Waals surface area contributed by atoms with Gasteiger partial charge in [-0.2, -0.15) is 0 Å². The van der Waals surface area contributed by atoms with E-state index in [0.29, 0.717) is 5.56 Å². The Labute approximate surface area is 190 Å². The molecule has 1 aromatic carbocycles. The topological polar surface area (TPSA) is 146 Å². The first-order chi connectivity index (χ1) is 15.7.